The molecule has 192 valence electrons. The zero-order valence-electron chi connectivity index (χ0n) is 20.4. The van der Waals surface area contributed by atoms with Gasteiger partial charge in [0.2, 0.25) is 0 Å². The van der Waals surface area contributed by atoms with Crippen LogP contribution in [-0.4, -0.2) is 27.1 Å². The molecule has 0 radical (unpaired) electrons. The van der Waals surface area contributed by atoms with Gasteiger partial charge in [-0.05, 0) is 66.8 Å². The molecule has 0 amide bonds. The molecule has 9 nitrogen and oxygen atoms in total. The third kappa shape index (κ3) is 4.60. The molecular weight excluding hydrogens is 494 g/mol. The average Bonchev–Trinajstić information content (AvgIpc) is 3.39. The number of rotatable bonds is 8. The SMILES string of the molecule is CCOc1ccccc1NS(=O)(=O)c1ccc2c(c1)[C@H]1C=CC[C@H]1[C@@H](c1ccc(OC)c([N+](=O)[O-])c1)N2. The highest BCUT2D eigenvalue weighted by molar-refractivity contribution is 7.92. The third-order valence-electron chi connectivity index (χ3n) is 6.83. The molecule has 1 aliphatic heterocycles. The molecule has 0 saturated heterocycles. The molecule has 37 heavy (non-hydrogen) atoms. The molecule has 0 bridgehead atoms. The van der Waals surface area contributed by atoms with Crippen LogP contribution in [0.3, 0.4) is 0 Å². The summed E-state index contributed by atoms with van der Waals surface area (Å²) in [6, 6.07) is 16.7. The monoisotopic (exact) mass is 521 g/mol. The average molecular weight is 522 g/mol. The highest BCUT2D eigenvalue weighted by Gasteiger charge is 2.39. The zero-order chi connectivity index (χ0) is 26.2. The van der Waals surface area contributed by atoms with Crippen LogP contribution in [0.15, 0.2) is 77.7 Å². The van der Waals surface area contributed by atoms with E-state index >= 15 is 0 Å². The molecule has 3 atom stereocenters. The van der Waals surface area contributed by atoms with Gasteiger partial charge in [-0.25, -0.2) is 8.42 Å². The lowest BCUT2D eigenvalue weighted by atomic mass is 9.77. The molecule has 10 heteroatoms. The second-order valence-electron chi connectivity index (χ2n) is 8.95. The molecule has 1 heterocycles. The van der Waals surface area contributed by atoms with Gasteiger partial charge in [-0.3, -0.25) is 14.8 Å². The quantitative estimate of drug-likeness (QED) is 0.224. The maximum absolute atomic E-state index is 13.3. The maximum Gasteiger partial charge on any atom is 0.311 e. The van der Waals surface area contributed by atoms with E-state index in [2.05, 4.69) is 22.2 Å². The number of nitro groups is 1. The normalized spacial score (nSPS) is 19.9. The number of fused-ring (bicyclic) bond motifs is 3. The van der Waals surface area contributed by atoms with Crippen molar-refractivity contribution in [2.45, 2.75) is 30.2 Å². The van der Waals surface area contributed by atoms with Crippen molar-refractivity contribution in [3.63, 3.8) is 0 Å². The smallest absolute Gasteiger partial charge is 0.311 e. The summed E-state index contributed by atoms with van der Waals surface area (Å²) < 4.78 is 40.0. The molecule has 2 N–H and O–H groups in total. The minimum Gasteiger partial charge on any atom is -0.492 e. The van der Waals surface area contributed by atoms with E-state index < -0.39 is 14.9 Å². The summed E-state index contributed by atoms with van der Waals surface area (Å²) in [5.41, 5.74) is 2.74. The number of ether oxygens (including phenoxy) is 2. The molecule has 2 aliphatic rings. The number of nitro benzene ring substituents is 1. The Morgan fingerprint density at radius 2 is 1.92 bits per heavy atom. The highest BCUT2D eigenvalue weighted by atomic mass is 32.2. The summed E-state index contributed by atoms with van der Waals surface area (Å²) in [7, 11) is -2.47. The van der Waals surface area contributed by atoms with Crippen molar-refractivity contribution in [1.82, 2.24) is 0 Å². The minimum atomic E-state index is -3.88. The van der Waals surface area contributed by atoms with Gasteiger partial charge in [0.1, 0.15) is 5.75 Å². The van der Waals surface area contributed by atoms with E-state index in [4.69, 9.17) is 9.47 Å². The molecule has 0 unspecified atom stereocenters. The fourth-order valence-corrected chi connectivity index (χ4v) is 6.25. The van der Waals surface area contributed by atoms with Crippen molar-refractivity contribution in [2.24, 2.45) is 5.92 Å². The Morgan fingerprint density at radius 3 is 2.68 bits per heavy atom. The molecule has 3 aromatic rings. The molecule has 5 rings (SSSR count). The number of methoxy groups -OCH3 is 1. The Kier molecular flexibility index (Phi) is 6.51. The Morgan fingerprint density at radius 1 is 1.11 bits per heavy atom. The van der Waals surface area contributed by atoms with Crippen molar-refractivity contribution in [3.05, 3.63) is 94.1 Å². The second-order valence-corrected chi connectivity index (χ2v) is 10.6. The topological polar surface area (TPSA) is 120 Å². The van der Waals surface area contributed by atoms with Crippen molar-refractivity contribution in [3.8, 4) is 11.5 Å². The molecule has 1 aliphatic carbocycles. The van der Waals surface area contributed by atoms with Crippen LogP contribution < -0.4 is 19.5 Å². The number of anilines is 2. The number of sulfonamides is 1. The number of benzene rings is 3. The molecular formula is C27H27N3O6S. The number of para-hydroxylation sites is 2. The van der Waals surface area contributed by atoms with Gasteiger partial charge in [0.25, 0.3) is 10.0 Å². The lowest BCUT2D eigenvalue weighted by Crippen LogP contribution is -2.29. The molecule has 0 spiro atoms. The van der Waals surface area contributed by atoms with Gasteiger partial charge in [-0.2, -0.15) is 0 Å². The van der Waals surface area contributed by atoms with Crippen molar-refractivity contribution in [2.75, 3.05) is 23.8 Å². The number of nitrogens with one attached hydrogen (secondary N) is 2. The van der Waals surface area contributed by atoms with Gasteiger partial charge < -0.3 is 14.8 Å². The van der Waals surface area contributed by atoms with Crippen LogP contribution in [0.25, 0.3) is 0 Å². The van der Waals surface area contributed by atoms with Crippen LogP contribution in [-0.2, 0) is 10.0 Å². The first-order valence-electron chi connectivity index (χ1n) is 12.0. The van der Waals surface area contributed by atoms with Crippen molar-refractivity contribution in [1.29, 1.82) is 0 Å². The summed E-state index contributed by atoms with van der Waals surface area (Å²) >= 11 is 0. The predicted molar refractivity (Wildman–Crippen MR) is 141 cm³/mol. The van der Waals surface area contributed by atoms with E-state index in [1.807, 2.05) is 13.0 Å². The Balaban J connectivity index is 1.48. The lowest BCUT2D eigenvalue weighted by Gasteiger charge is -2.37. The van der Waals surface area contributed by atoms with Gasteiger partial charge in [0.15, 0.2) is 5.75 Å². The molecule has 3 aromatic carbocycles. The minimum absolute atomic E-state index is 0.0340. The third-order valence-corrected chi connectivity index (χ3v) is 8.20. The van der Waals surface area contributed by atoms with Crippen LogP contribution in [0, 0.1) is 16.0 Å². The van der Waals surface area contributed by atoms with Crippen LogP contribution in [0.5, 0.6) is 11.5 Å². The second kappa shape index (κ2) is 9.78. The van der Waals surface area contributed by atoms with Crippen LogP contribution in [0.1, 0.15) is 36.4 Å². The maximum atomic E-state index is 13.3. The fourth-order valence-electron chi connectivity index (χ4n) is 5.15. The van der Waals surface area contributed by atoms with E-state index in [-0.39, 0.29) is 34.2 Å². The first-order chi connectivity index (χ1) is 17.8. The first-order valence-corrected chi connectivity index (χ1v) is 13.4. The van der Waals surface area contributed by atoms with Crippen LogP contribution >= 0.6 is 0 Å². The Labute approximate surface area is 215 Å². The van der Waals surface area contributed by atoms with Gasteiger partial charge in [-0.1, -0.05) is 30.4 Å². The molecule has 0 saturated carbocycles. The van der Waals surface area contributed by atoms with Gasteiger partial charge in [0.05, 0.1) is 35.3 Å². The van der Waals surface area contributed by atoms with E-state index in [1.165, 1.54) is 7.11 Å². The summed E-state index contributed by atoms with van der Waals surface area (Å²) in [4.78, 5) is 11.3. The summed E-state index contributed by atoms with van der Waals surface area (Å²) in [5.74, 6) is 0.709. The van der Waals surface area contributed by atoms with E-state index in [0.29, 0.717) is 18.0 Å². The van der Waals surface area contributed by atoms with E-state index in [1.54, 1.807) is 54.6 Å². The summed E-state index contributed by atoms with van der Waals surface area (Å²) in [5, 5.41) is 15.1. The summed E-state index contributed by atoms with van der Waals surface area (Å²) in [6.07, 6.45) is 4.93. The van der Waals surface area contributed by atoms with E-state index in [9.17, 15) is 18.5 Å². The number of allylic oxidation sites excluding steroid dienone is 2. The summed E-state index contributed by atoms with van der Waals surface area (Å²) in [6.45, 7) is 2.25. The molecule has 0 fully saturated rings. The van der Waals surface area contributed by atoms with Crippen molar-refractivity contribution < 1.29 is 22.8 Å². The number of hydrogen-bond acceptors (Lipinski definition) is 7. The lowest BCUT2D eigenvalue weighted by molar-refractivity contribution is -0.385. The highest BCUT2D eigenvalue weighted by Crippen LogP contribution is 2.51. The fraction of sp³-hybridized carbons (Fsp3) is 0.259. The number of nitrogens with zero attached hydrogens (tertiary/aromatic N) is 1. The molecule has 0 aromatic heterocycles. The predicted octanol–water partition coefficient (Wildman–Crippen LogP) is 5.63. The van der Waals surface area contributed by atoms with Gasteiger partial charge in [0, 0.05) is 17.7 Å². The van der Waals surface area contributed by atoms with Crippen molar-refractivity contribution >= 4 is 27.1 Å². The Bertz CT molecular complexity index is 1490. The van der Waals surface area contributed by atoms with Gasteiger partial charge in [-0.15, -0.1) is 0 Å². The van der Waals surface area contributed by atoms with Gasteiger partial charge >= 0.3 is 5.69 Å². The van der Waals surface area contributed by atoms with Crippen LogP contribution in [0.2, 0.25) is 0 Å². The standard InChI is InChI=1S/C27H27N3O6S/c1-3-36-25-10-5-4-9-23(25)29-37(33,34)18-12-13-22-21(16-18)19-7-6-8-20(19)27(28-22)17-11-14-26(35-2)24(15-17)30(31)32/h4-7,9-16,19-20,27-29H,3,8H2,1-2H3/t19-,20+,27+/m0/s1. The Hall–Kier alpha value is -4.05. The largest absolute Gasteiger partial charge is 0.492 e. The number of hydrogen-bond donors (Lipinski definition) is 2. The zero-order valence-corrected chi connectivity index (χ0v) is 21.2. The first kappa shape index (κ1) is 24.6. The van der Waals surface area contributed by atoms with Crippen LogP contribution in [0.4, 0.5) is 17.1 Å². The van der Waals surface area contributed by atoms with E-state index in [0.717, 1.165) is 23.2 Å².